The van der Waals surface area contributed by atoms with Crippen molar-refractivity contribution in [1.29, 1.82) is 0 Å². The minimum atomic E-state index is 0.587. The molecule has 0 heterocycles. The molecule has 0 radical (unpaired) electrons. The summed E-state index contributed by atoms with van der Waals surface area (Å²) in [6.45, 7) is 0.587. The molecular formula is C15H14Br2O2. The van der Waals surface area contributed by atoms with E-state index < -0.39 is 0 Å². The Morgan fingerprint density at radius 2 is 1.84 bits per heavy atom. The number of ether oxygens (including phenoxy) is 2. The summed E-state index contributed by atoms with van der Waals surface area (Å²) < 4.78 is 12.0. The van der Waals surface area contributed by atoms with Crippen molar-refractivity contribution in [2.24, 2.45) is 0 Å². The fourth-order valence-corrected chi connectivity index (χ4v) is 3.06. The molecule has 0 saturated carbocycles. The van der Waals surface area contributed by atoms with Crippen molar-refractivity contribution in [2.45, 2.75) is 11.9 Å². The van der Waals surface area contributed by atoms with Crippen LogP contribution in [0.3, 0.4) is 0 Å². The lowest BCUT2D eigenvalue weighted by Gasteiger charge is -2.09. The zero-order valence-corrected chi connectivity index (χ0v) is 13.7. The zero-order chi connectivity index (χ0) is 13.7. The molecule has 0 fully saturated rings. The summed E-state index contributed by atoms with van der Waals surface area (Å²) in [6.07, 6.45) is 0. The van der Waals surface area contributed by atoms with Gasteiger partial charge in [-0.3, -0.25) is 0 Å². The van der Waals surface area contributed by atoms with Crippen LogP contribution in [-0.2, 0) is 16.7 Å². The third kappa shape index (κ3) is 4.06. The van der Waals surface area contributed by atoms with E-state index in [4.69, 9.17) is 9.47 Å². The second-order valence-electron chi connectivity index (χ2n) is 4.07. The lowest BCUT2D eigenvalue weighted by molar-refractivity contribution is 0.184. The Labute approximate surface area is 130 Å². The molecule has 2 aromatic carbocycles. The molecule has 0 unspecified atom stereocenters. The summed E-state index contributed by atoms with van der Waals surface area (Å²) >= 11 is 6.97. The smallest absolute Gasteiger partial charge is 0.128 e. The van der Waals surface area contributed by atoms with Crippen molar-refractivity contribution in [3.8, 4) is 11.5 Å². The van der Waals surface area contributed by atoms with Gasteiger partial charge in [-0.1, -0.05) is 50.1 Å². The van der Waals surface area contributed by atoms with Crippen LogP contribution in [0.2, 0.25) is 0 Å². The predicted octanol–water partition coefficient (Wildman–Crippen LogP) is 5.28. The van der Waals surface area contributed by atoms with E-state index in [0.717, 1.165) is 26.9 Å². The zero-order valence-electron chi connectivity index (χ0n) is 10.5. The lowest BCUT2D eigenvalue weighted by atomic mass is 10.2. The van der Waals surface area contributed by atoms with Gasteiger partial charge in [0, 0.05) is 16.9 Å². The maximum atomic E-state index is 5.84. The maximum absolute atomic E-state index is 5.84. The Kier molecular flexibility index (Phi) is 5.43. The van der Waals surface area contributed by atoms with Crippen LogP contribution in [0.1, 0.15) is 11.1 Å². The highest BCUT2D eigenvalue weighted by Crippen LogP contribution is 2.28. The van der Waals surface area contributed by atoms with Gasteiger partial charge < -0.3 is 9.47 Å². The van der Waals surface area contributed by atoms with E-state index in [1.54, 1.807) is 7.11 Å². The van der Waals surface area contributed by atoms with Gasteiger partial charge in [0.2, 0.25) is 0 Å². The largest absolute Gasteiger partial charge is 0.457 e. The molecule has 0 aromatic heterocycles. The van der Waals surface area contributed by atoms with Gasteiger partial charge in [0.15, 0.2) is 0 Å². The summed E-state index contributed by atoms with van der Waals surface area (Å²) in [5.41, 5.74) is 2.29. The minimum Gasteiger partial charge on any atom is -0.457 e. The Morgan fingerprint density at radius 1 is 1.05 bits per heavy atom. The first-order valence-electron chi connectivity index (χ1n) is 5.83. The molecule has 2 rings (SSSR count). The second-order valence-corrected chi connectivity index (χ2v) is 5.48. The summed E-state index contributed by atoms with van der Waals surface area (Å²) in [4.78, 5) is 0. The first-order chi connectivity index (χ1) is 9.22. The van der Waals surface area contributed by atoms with Crippen LogP contribution < -0.4 is 4.74 Å². The van der Waals surface area contributed by atoms with E-state index in [1.165, 1.54) is 5.56 Å². The molecule has 2 nitrogen and oxygen atoms in total. The van der Waals surface area contributed by atoms with Crippen LogP contribution in [0.15, 0.2) is 46.9 Å². The number of halogens is 2. The lowest BCUT2D eigenvalue weighted by Crippen LogP contribution is -1.90. The van der Waals surface area contributed by atoms with Crippen LogP contribution in [0.4, 0.5) is 0 Å². The fourth-order valence-electron chi connectivity index (χ4n) is 1.70. The fraction of sp³-hybridized carbons (Fsp3) is 0.200. The van der Waals surface area contributed by atoms with Crippen LogP contribution in [-0.4, -0.2) is 7.11 Å². The van der Waals surface area contributed by atoms with Gasteiger partial charge in [-0.15, -0.1) is 0 Å². The summed E-state index contributed by atoms with van der Waals surface area (Å²) in [6, 6.07) is 13.9. The highest BCUT2D eigenvalue weighted by atomic mass is 79.9. The third-order valence-electron chi connectivity index (χ3n) is 2.61. The first kappa shape index (κ1) is 14.6. The van der Waals surface area contributed by atoms with Crippen molar-refractivity contribution in [3.63, 3.8) is 0 Å². The van der Waals surface area contributed by atoms with Crippen molar-refractivity contribution in [2.75, 3.05) is 7.11 Å². The Hall–Kier alpha value is -0.840. The van der Waals surface area contributed by atoms with E-state index in [9.17, 15) is 0 Å². The molecule has 19 heavy (non-hydrogen) atoms. The molecule has 0 aliphatic heterocycles. The summed E-state index contributed by atoms with van der Waals surface area (Å²) in [7, 11) is 1.68. The number of rotatable bonds is 5. The molecule has 2 aromatic rings. The number of benzene rings is 2. The van der Waals surface area contributed by atoms with Crippen LogP contribution in [0.25, 0.3) is 0 Å². The Bertz CT molecular complexity index is 556. The molecule has 0 aliphatic rings. The van der Waals surface area contributed by atoms with Gasteiger partial charge in [-0.25, -0.2) is 0 Å². The van der Waals surface area contributed by atoms with Crippen LogP contribution in [0.5, 0.6) is 11.5 Å². The SMILES string of the molecule is COCc1cccc(Oc2ccc(CBr)c(Br)c2)c1. The monoisotopic (exact) mass is 384 g/mol. The number of hydrogen-bond donors (Lipinski definition) is 0. The van der Waals surface area contributed by atoms with E-state index in [-0.39, 0.29) is 0 Å². The van der Waals surface area contributed by atoms with Crippen molar-refractivity contribution in [3.05, 3.63) is 58.1 Å². The Balaban J connectivity index is 2.16. The van der Waals surface area contributed by atoms with Gasteiger partial charge in [0.1, 0.15) is 11.5 Å². The highest BCUT2D eigenvalue weighted by molar-refractivity contribution is 9.10. The van der Waals surface area contributed by atoms with Gasteiger partial charge in [0.05, 0.1) is 6.61 Å². The molecule has 0 amide bonds. The molecule has 100 valence electrons. The predicted molar refractivity (Wildman–Crippen MR) is 84.0 cm³/mol. The second kappa shape index (κ2) is 7.08. The van der Waals surface area contributed by atoms with E-state index in [1.807, 2.05) is 42.5 Å². The van der Waals surface area contributed by atoms with Crippen molar-refractivity contribution in [1.82, 2.24) is 0 Å². The van der Waals surface area contributed by atoms with Crippen LogP contribution >= 0.6 is 31.9 Å². The normalized spacial score (nSPS) is 10.5. The molecule has 0 saturated heterocycles. The van der Waals surface area contributed by atoms with Crippen molar-refractivity contribution >= 4 is 31.9 Å². The quantitative estimate of drug-likeness (QED) is 0.651. The average molecular weight is 386 g/mol. The topological polar surface area (TPSA) is 18.5 Å². The standard InChI is InChI=1S/C15H14Br2O2/c1-18-10-11-3-2-4-13(7-11)19-14-6-5-12(9-16)15(17)8-14/h2-8H,9-10H2,1H3. The van der Waals surface area contributed by atoms with Gasteiger partial charge in [-0.05, 0) is 35.4 Å². The highest BCUT2D eigenvalue weighted by Gasteiger charge is 2.03. The molecule has 0 atom stereocenters. The van der Waals surface area contributed by atoms with Gasteiger partial charge >= 0.3 is 0 Å². The summed E-state index contributed by atoms with van der Waals surface area (Å²) in [5, 5.41) is 0.817. The van der Waals surface area contributed by atoms with Gasteiger partial charge in [0.25, 0.3) is 0 Å². The van der Waals surface area contributed by atoms with Crippen molar-refractivity contribution < 1.29 is 9.47 Å². The Morgan fingerprint density at radius 3 is 2.53 bits per heavy atom. The number of methoxy groups -OCH3 is 1. The van der Waals surface area contributed by atoms with Gasteiger partial charge in [-0.2, -0.15) is 0 Å². The maximum Gasteiger partial charge on any atom is 0.128 e. The molecule has 0 aliphatic carbocycles. The van der Waals surface area contributed by atoms with E-state index in [2.05, 4.69) is 31.9 Å². The molecule has 0 spiro atoms. The molecule has 4 heteroatoms. The van der Waals surface area contributed by atoms with Crippen LogP contribution in [0, 0.1) is 0 Å². The molecule has 0 N–H and O–H groups in total. The number of hydrogen-bond acceptors (Lipinski definition) is 2. The van der Waals surface area contributed by atoms with E-state index >= 15 is 0 Å². The summed E-state index contributed by atoms with van der Waals surface area (Å²) in [5.74, 6) is 1.62. The first-order valence-corrected chi connectivity index (χ1v) is 7.74. The number of alkyl halides is 1. The van der Waals surface area contributed by atoms with E-state index in [0.29, 0.717) is 6.61 Å². The minimum absolute atomic E-state index is 0.587. The third-order valence-corrected chi connectivity index (χ3v) is 3.96. The average Bonchev–Trinajstić information content (AvgIpc) is 2.40. The molecule has 0 bridgehead atoms. The molecular weight excluding hydrogens is 372 g/mol.